The van der Waals surface area contributed by atoms with Gasteiger partial charge in [-0.2, -0.15) is 13.2 Å². The van der Waals surface area contributed by atoms with Crippen LogP contribution in [0.4, 0.5) is 17.6 Å². The van der Waals surface area contributed by atoms with Gasteiger partial charge in [0, 0.05) is 16.7 Å². The van der Waals surface area contributed by atoms with E-state index < -0.39 is 43.0 Å². The van der Waals surface area contributed by atoms with Crippen molar-refractivity contribution in [3.8, 4) is 17.1 Å². The maximum absolute atomic E-state index is 13.8. The van der Waals surface area contributed by atoms with Crippen molar-refractivity contribution in [1.82, 2.24) is 29.1 Å². The smallest absolute Gasteiger partial charge is 0.385 e. The standard InChI is InChI=1S/C22H18Cl2F4N6O3/c1-11(35)19-29-18(30-34(19)16-8-14(25)6-7-15(16)24)10-33-21(37)32(9-17(36)22(26,27)28)20(31-33)12-2-4-13(23)5-3-12/h2-8,11,17,35-36H,9-10H2,1H3. The van der Waals surface area contributed by atoms with E-state index in [1.54, 1.807) is 0 Å². The Morgan fingerprint density at radius 3 is 2.35 bits per heavy atom. The molecule has 9 nitrogen and oxygen atoms in total. The third-order valence-electron chi connectivity index (χ3n) is 5.24. The fourth-order valence-electron chi connectivity index (χ4n) is 3.46. The Bertz CT molecular complexity index is 1480. The van der Waals surface area contributed by atoms with Gasteiger partial charge in [0.25, 0.3) is 0 Å². The summed E-state index contributed by atoms with van der Waals surface area (Å²) in [7, 11) is 0. The SMILES string of the molecule is CC(O)c1nc(Cn2nc(-c3ccc(Cl)cc3)n(CC(O)C(F)(F)F)c2=O)nn1-c1cc(F)ccc1Cl. The van der Waals surface area contributed by atoms with E-state index in [0.717, 1.165) is 21.5 Å². The number of aliphatic hydroxyl groups excluding tert-OH is 2. The van der Waals surface area contributed by atoms with E-state index in [-0.39, 0.29) is 33.7 Å². The molecule has 37 heavy (non-hydrogen) atoms. The van der Waals surface area contributed by atoms with Gasteiger partial charge >= 0.3 is 11.9 Å². The van der Waals surface area contributed by atoms with Gasteiger partial charge in [-0.25, -0.2) is 23.5 Å². The molecular weight excluding hydrogens is 543 g/mol. The number of hydrogen-bond donors (Lipinski definition) is 2. The van der Waals surface area contributed by atoms with Crippen LogP contribution in [0.3, 0.4) is 0 Å². The number of benzene rings is 2. The van der Waals surface area contributed by atoms with Crippen molar-refractivity contribution in [3.05, 3.63) is 80.5 Å². The van der Waals surface area contributed by atoms with E-state index in [9.17, 15) is 32.6 Å². The third-order valence-corrected chi connectivity index (χ3v) is 5.81. The highest BCUT2D eigenvalue weighted by Crippen LogP contribution is 2.26. The molecule has 0 saturated carbocycles. The summed E-state index contributed by atoms with van der Waals surface area (Å²) < 4.78 is 55.6. The predicted octanol–water partition coefficient (Wildman–Crippen LogP) is 3.76. The molecule has 4 rings (SSSR count). The molecule has 2 heterocycles. The number of aliphatic hydroxyl groups is 2. The zero-order valence-corrected chi connectivity index (χ0v) is 20.4. The molecular formula is C22H18Cl2F4N6O3. The molecule has 0 bridgehead atoms. The first-order chi connectivity index (χ1) is 17.3. The van der Waals surface area contributed by atoms with E-state index in [2.05, 4.69) is 15.2 Å². The van der Waals surface area contributed by atoms with Gasteiger partial charge in [0.15, 0.2) is 23.6 Å². The number of alkyl halides is 3. The Kier molecular flexibility index (Phi) is 7.42. The molecule has 0 aliphatic rings. The molecule has 0 aliphatic heterocycles. The van der Waals surface area contributed by atoms with Crippen LogP contribution in [0.5, 0.6) is 0 Å². The van der Waals surface area contributed by atoms with Gasteiger partial charge < -0.3 is 10.2 Å². The number of aromatic nitrogens is 6. The Morgan fingerprint density at radius 2 is 1.73 bits per heavy atom. The lowest BCUT2D eigenvalue weighted by Gasteiger charge is -2.15. The average Bonchev–Trinajstić information content (AvgIpc) is 3.38. The zero-order chi connectivity index (χ0) is 27.1. The van der Waals surface area contributed by atoms with Gasteiger partial charge in [-0.15, -0.1) is 10.2 Å². The molecule has 196 valence electrons. The van der Waals surface area contributed by atoms with Gasteiger partial charge in [0.2, 0.25) is 0 Å². The fourth-order valence-corrected chi connectivity index (χ4v) is 3.79. The van der Waals surface area contributed by atoms with Crippen LogP contribution in [-0.4, -0.2) is 51.6 Å². The summed E-state index contributed by atoms with van der Waals surface area (Å²) in [5, 5.41) is 28.6. The summed E-state index contributed by atoms with van der Waals surface area (Å²) in [6, 6.07) is 9.33. The summed E-state index contributed by atoms with van der Waals surface area (Å²) in [4.78, 5) is 17.2. The molecule has 0 radical (unpaired) electrons. The van der Waals surface area contributed by atoms with Crippen molar-refractivity contribution in [3.63, 3.8) is 0 Å². The quantitative estimate of drug-likeness (QED) is 0.333. The highest BCUT2D eigenvalue weighted by atomic mass is 35.5. The van der Waals surface area contributed by atoms with E-state index in [0.29, 0.717) is 9.59 Å². The second-order valence-corrected chi connectivity index (χ2v) is 8.85. The molecule has 4 aromatic rings. The highest BCUT2D eigenvalue weighted by molar-refractivity contribution is 6.32. The maximum Gasteiger partial charge on any atom is 0.416 e. The molecule has 0 spiro atoms. The molecule has 0 amide bonds. The third kappa shape index (κ3) is 5.69. The van der Waals surface area contributed by atoms with Crippen molar-refractivity contribution in [1.29, 1.82) is 0 Å². The molecule has 0 aliphatic carbocycles. The normalized spacial score (nSPS) is 13.6. The van der Waals surface area contributed by atoms with Gasteiger partial charge in [-0.1, -0.05) is 23.2 Å². The molecule has 2 unspecified atom stereocenters. The number of rotatable bonds is 7. The van der Waals surface area contributed by atoms with Crippen LogP contribution in [0.25, 0.3) is 17.1 Å². The lowest BCUT2D eigenvalue weighted by Crippen LogP contribution is -2.37. The van der Waals surface area contributed by atoms with Crippen molar-refractivity contribution >= 4 is 23.2 Å². The highest BCUT2D eigenvalue weighted by Gasteiger charge is 2.39. The largest absolute Gasteiger partial charge is 0.416 e. The van der Waals surface area contributed by atoms with Crippen LogP contribution in [-0.2, 0) is 13.1 Å². The molecule has 0 saturated heterocycles. The first kappa shape index (κ1) is 26.8. The Morgan fingerprint density at radius 1 is 1.05 bits per heavy atom. The Labute approximate surface area is 216 Å². The van der Waals surface area contributed by atoms with Crippen molar-refractivity contribution in [2.24, 2.45) is 0 Å². The maximum atomic E-state index is 13.8. The van der Waals surface area contributed by atoms with Crippen molar-refractivity contribution in [2.45, 2.75) is 38.4 Å². The first-order valence-corrected chi connectivity index (χ1v) is 11.4. The van der Waals surface area contributed by atoms with Crippen molar-refractivity contribution < 1.29 is 27.8 Å². The summed E-state index contributed by atoms with van der Waals surface area (Å²) >= 11 is 12.0. The second-order valence-electron chi connectivity index (χ2n) is 8.01. The molecule has 0 fully saturated rings. The van der Waals surface area contributed by atoms with Crippen LogP contribution in [0.1, 0.15) is 24.7 Å². The predicted molar refractivity (Wildman–Crippen MR) is 125 cm³/mol. The van der Waals surface area contributed by atoms with Crippen LogP contribution >= 0.6 is 23.2 Å². The molecule has 2 aromatic heterocycles. The average molecular weight is 561 g/mol. The van der Waals surface area contributed by atoms with Gasteiger partial charge in [-0.05, 0) is 43.3 Å². The fraction of sp³-hybridized carbons (Fsp3) is 0.273. The lowest BCUT2D eigenvalue weighted by atomic mass is 10.2. The molecule has 2 atom stereocenters. The lowest BCUT2D eigenvalue weighted by molar-refractivity contribution is -0.207. The minimum atomic E-state index is -4.98. The van der Waals surface area contributed by atoms with E-state index >= 15 is 0 Å². The van der Waals surface area contributed by atoms with Gasteiger partial charge in [0.1, 0.15) is 18.5 Å². The van der Waals surface area contributed by atoms with E-state index in [4.69, 9.17) is 23.2 Å². The minimum absolute atomic E-state index is 0.0274. The molecule has 2 N–H and O–H groups in total. The van der Waals surface area contributed by atoms with Crippen LogP contribution in [0, 0.1) is 5.82 Å². The second kappa shape index (κ2) is 10.2. The monoisotopic (exact) mass is 560 g/mol. The number of halogens is 6. The van der Waals surface area contributed by atoms with Crippen molar-refractivity contribution in [2.75, 3.05) is 0 Å². The summed E-state index contributed by atoms with van der Waals surface area (Å²) in [6.45, 7) is -0.149. The van der Waals surface area contributed by atoms with Crippen LogP contribution < -0.4 is 5.69 Å². The summed E-state index contributed by atoms with van der Waals surface area (Å²) in [5.41, 5.74) is -0.638. The van der Waals surface area contributed by atoms with Gasteiger partial charge in [-0.3, -0.25) is 4.57 Å². The van der Waals surface area contributed by atoms with E-state index in [1.807, 2.05) is 0 Å². The number of nitrogens with zero attached hydrogens (tertiary/aromatic N) is 6. The molecule has 2 aromatic carbocycles. The van der Waals surface area contributed by atoms with Crippen LogP contribution in [0.15, 0.2) is 47.3 Å². The Balaban J connectivity index is 1.79. The number of hydrogen-bond acceptors (Lipinski definition) is 6. The Hall–Kier alpha value is -3.26. The molecule has 15 heteroatoms. The van der Waals surface area contributed by atoms with Crippen LogP contribution in [0.2, 0.25) is 10.0 Å². The summed E-state index contributed by atoms with van der Waals surface area (Å²) in [6.07, 6.45) is -8.99. The zero-order valence-electron chi connectivity index (χ0n) is 18.9. The topological polar surface area (TPSA) is 111 Å². The summed E-state index contributed by atoms with van der Waals surface area (Å²) in [5.74, 6) is -0.880. The first-order valence-electron chi connectivity index (χ1n) is 10.6. The van der Waals surface area contributed by atoms with E-state index in [1.165, 1.54) is 37.3 Å². The van der Waals surface area contributed by atoms with Gasteiger partial charge in [0.05, 0.1) is 17.3 Å². The minimum Gasteiger partial charge on any atom is -0.385 e.